The fraction of sp³-hybridized carbons (Fsp3) is 0.923. The lowest BCUT2D eigenvalue weighted by Crippen LogP contribution is -2.55. The van der Waals surface area contributed by atoms with Crippen molar-refractivity contribution in [1.82, 2.24) is 0 Å². The minimum Gasteiger partial charge on any atom is -0.465 e. The number of carbonyl (C=O) groups excluding carboxylic acids is 1. The molecule has 1 saturated heterocycles. The van der Waals surface area contributed by atoms with E-state index in [0.29, 0.717) is 12.4 Å². The average molecular weight is 258 g/mol. The van der Waals surface area contributed by atoms with E-state index in [1.165, 1.54) is 0 Å². The maximum atomic E-state index is 12.3. The average Bonchev–Trinajstić information content (AvgIpc) is 2.81. The lowest BCUT2D eigenvalue weighted by atomic mass is 9.69. The molecule has 0 amide bonds. The van der Waals surface area contributed by atoms with Crippen LogP contribution >= 0.6 is 11.8 Å². The Kier molecular flexibility index (Phi) is 4.03. The van der Waals surface area contributed by atoms with Crippen LogP contribution in [0.2, 0.25) is 0 Å². The molecule has 98 valence electrons. The quantitative estimate of drug-likeness (QED) is 0.789. The first kappa shape index (κ1) is 13.2. The Morgan fingerprint density at radius 3 is 2.53 bits per heavy atom. The molecule has 2 rings (SSSR count). The number of hydrogen-bond acceptors (Lipinski definition) is 4. The van der Waals surface area contributed by atoms with Gasteiger partial charge in [-0.2, -0.15) is 11.8 Å². The van der Waals surface area contributed by atoms with Gasteiger partial charge in [0.2, 0.25) is 0 Å². The lowest BCUT2D eigenvalue weighted by molar-refractivity contribution is -0.173. The molecule has 2 fully saturated rings. The van der Waals surface area contributed by atoms with E-state index in [9.17, 15) is 9.90 Å². The van der Waals surface area contributed by atoms with Crippen molar-refractivity contribution in [1.29, 1.82) is 0 Å². The second-order valence-electron chi connectivity index (χ2n) is 5.20. The molecule has 0 aromatic carbocycles. The predicted octanol–water partition coefficient (Wildman–Crippen LogP) is 2.37. The van der Waals surface area contributed by atoms with Crippen molar-refractivity contribution in [2.24, 2.45) is 5.41 Å². The maximum absolute atomic E-state index is 12.3. The fourth-order valence-corrected chi connectivity index (χ4v) is 4.52. The molecular formula is C13H22O3S. The van der Waals surface area contributed by atoms with Crippen molar-refractivity contribution < 1.29 is 14.6 Å². The molecule has 0 spiro atoms. The molecule has 2 aliphatic rings. The summed E-state index contributed by atoms with van der Waals surface area (Å²) in [5.74, 6) is 1.62. The van der Waals surface area contributed by atoms with E-state index in [1.54, 1.807) is 11.8 Å². The van der Waals surface area contributed by atoms with E-state index in [4.69, 9.17) is 4.74 Å². The predicted molar refractivity (Wildman–Crippen MR) is 69.0 cm³/mol. The zero-order valence-corrected chi connectivity index (χ0v) is 11.4. The number of carbonyl (C=O) groups is 1. The smallest absolute Gasteiger partial charge is 0.315 e. The van der Waals surface area contributed by atoms with Crippen LogP contribution in [0.15, 0.2) is 0 Å². The summed E-state index contributed by atoms with van der Waals surface area (Å²) in [6, 6.07) is 0. The molecule has 1 aliphatic heterocycles. The van der Waals surface area contributed by atoms with Crippen molar-refractivity contribution >= 4 is 17.7 Å². The normalized spacial score (nSPS) is 32.4. The van der Waals surface area contributed by atoms with Crippen molar-refractivity contribution in [3.05, 3.63) is 0 Å². The second kappa shape index (κ2) is 5.19. The Bertz CT molecular complexity index is 278. The van der Waals surface area contributed by atoms with Gasteiger partial charge in [0.1, 0.15) is 0 Å². The summed E-state index contributed by atoms with van der Waals surface area (Å²) in [4.78, 5) is 12.3. The summed E-state index contributed by atoms with van der Waals surface area (Å²) in [7, 11) is 0. The Morgan fingerprint density at radius 1 is 1.29 bits per heavy atom. The lowest BCUT2D eigenvalue weighted by Gasteiger charge is -2.45. The maximum Gasteiger partial charge on any atom is 0.315 e. The molecule has 0 aromatic heterocycles. The third-order valence-electron chi connectivity index (χ3n) is 4.23. The molecule has 0 radical (unpaired) electrons. The zero-order chi connectivity index (χ0) is 12.4. The number of ether oxygens (including phenoxy) is 1. The zero-order valence-electron chi connectivity index (χ0n) is 10.5. The van der Waals surface area contributed by atoms with Crippen LogP contribution in [-0.4, -0.2) is 34.8 Å². The first-order valence-electron chi connectivity index (χ1n) is 6.62. The van der Waals surface area contributed by atoms with Crippen LogP contribution in [0.3, 0.4) is 0 Å². The first-order valence-corrected chi connectivity index (χ1v) is 7.77. The molecule has 0 bridgehead atoms. The van der Waals surface area contributed by atoms with E-state index in [-0.39, 0.29) is 5.97 Å². The molecule has 1 unspecified atom stereocenters. The van der Waals surface area contributed by atoms with Crippen LogP contribution < -0.4 is 0 Å². The third kappa shape index (κ3) is 2.22. The molecule has 1 atom stereocenters. The Labute approximate surface area is 107 Å². The van der Waals surface area contributed by atoms with Crippen LogP contribution in [-0.2, 0) is 9.53 Å². The monoisotopic (exact) mass is 258 g/mol. The fourth-order valence-electron chi connectivity index (χ4n) is 3.26. The topological polar surface area (TPSA) is 46.5 Å². The van der Waals surface area contributed by atoms with Gasteiger partial charge in [0, 0.05) is 5.75 Å². The van der Waals surface area contributed by atoms with Crippen molar-refractivity contribution in [3.8, 4) is 0 Å². The van der Waals surface area contributed by atoms with Gasteiger partial charge in [-0.3, -0.25) is 4.79 Å². The van der Waals surface area contributed by atoms with Gasteiger partial charge in [0.25, 0.3) is 0 Å². The van der Waals surface area contributed by atoms with E-state index in [0.717, 1.165) is 44.3 Å². The largest absolute Gasteiger partial charge is 0.465 e. The molecule has 1 heterocycles. The summed E-state index contributed by atoms with van der Waals surface area (Å²) < 4.78 is 5.24. The van der Waals surface area contributed by atoms with Crippen molar-refractivity contribution in [2.75, 3.05) is 18.1 Å². The van der Waals surface area contributed by atoms with Crippen LogP contribution in [0.25, 0.3) is 0 Å². The Hall–Kier alpha value is -0.220. The molecule has 4 heteroatoms. The molecule has 3 nitrogen and oxygen atoms in total. The van der Waals surface area contributed by atoms with Gasteiger partial charge in [-0.15, -0.1) is 0 Å². The van der Waals surface area contributed by atoms with Gasteiger partial charge < -0.3 is 9.84 Å². The summed E-state index contributed by atoms with van der Waals surface area (Å²) in [6.07, 6.45) is 5.41. The number of aliphatic hydroxyl groups is 1. The standard InChI is InChI=1S/C13H22O3S/c1-2-16-11(14)12(6-3-4-7-12)13(15)8-5-9-17-10-13/h15H,2-10H2,1H3. The number of hydrogen-bond donors (Lipinski definition) is 1. The molecule has 1 aliphatic carbocycles. The Morgan fingerprint density at radius 2 is 2.00 bits per heavy atom. The van der Waals surface area contributed by atoms with E-state index < -0.39 is 11.0 Å². The van der Waals surface area contributed by atoms with Crippen LogP contribution in [0.1, 0.15) is 45.4 Å². The number of esters is 1. The van der Waals surface area contributed by atoms with Crippen molar-refractivity contribution in [3.63, 3.8) is 0 Å². The highest BCUT2D eigenvalue weighted by molar-refractivity contribution is 7.99. The summed E-state index contributed by atoms with van der Waals surface area (Å²) in [6.45, 7) is 2.24. The van der Waals surface area contributed by atoms with Gasteiger partial charge in [-0.1, -0.05) is 12.8 Å². The molecule has 0 aromatic rings. The van der Waals surface area contributed by atoms with Crippen LogP contribution in [0.5, 0.6) is 0 Å². The highest BCUT2D eigenvalue weighted by atomic mass is 32.2. The van der Waals surface area contributed by atoms with Gasteiger partial charge in [-0.25, -0.2) is 0 Å². The van der Waals surface area contributed by atoms with E-state index >= 15 is 0 Å². The number of thioether (sulfide) groups is 1. The Balaban J connectivity index is 2.23. The van der Waals surface area contributed by atoms with Gasteiger partial charge in [-0.05, 0) is 38.4 Å². The van der Waals surface area contributed by atoms with Crippen LogP contribution in [0.4, 0.5) is 0 Å². The summed E-state index contributed by atoms with van der Waals surface area (Å²) >= 11 is 1.76. The minimum atomic E-state index is -0.835. The van der Waals surface area contributed by atoms with E-state index in [1.807, 2.05) is 6.92 Å². The van der Waals surface area contributed by atoms with Gasteiger partial charge in [0.15, 0.2) is 0 Å². The van der Waals surface area contributed by atoms with E-state index in [2.05, 4.69) is 0 Å². The van der Waals surface area contributed by atoms with Gasteiger partial charge >= 0.3 is 5.97 Å². The highest BCUT2D eigenvalue weighted by Gasteiger charge is 2.57. The summed E-state index contributed by atoms with van der Waals surface area (Å²) in [5, 5.41) is 10.9. The van der Waals surface area contributed by atoms with Crippen molar-refractivity contribution in [2.45, 2.75) is 51.0 Å². The molecule has 1 N–H and O–H groups in total. The summed E-state index contributed by atoms with van der Waals surface area (Å²) in [5.41, 5.74) is -1.45. The SMILES string of the molecule is CCOC(=O)C1(C2(O)CCCSC2)CCCC1. The van der Waals surface area contributed by atoms with Crippen LogP contribution in [0, 0.1) is 5.41 Å². The molecule has 17 heavy (non-hydrogen) atoms. The molecule has 1 saturated carbocycles. The second-order valence-corrected chi connectivity index (χ2v) is 6.30. The van der Waals surface area contributed by atoms with Gasteiger partial charge in [0.05, 0.1) is 17.6 Å². The first-order chi connectivity index (χ1) is 8.15. The minimum absolute atomic E-state index is 0.164. The highest BCUT2D eigenvalue weighted by Crippen LogP contribution is 2.52. The third-order valence-corrected chi connectivity index (χ3v) is 5.49. The number of rotatable bonds is 3. The molecular weight excluding hydrogens is 236 g/mol.